The summed E-state index contributed by atoms with van der Waals surface area (Å²) in [5.74, 6) is 0.00481. The van der Waals surface area contributed by atoms with Crippen LogP contribution in [0.25, 0.3) is 11.1 Å². The molecule has 0 fully saturated rings. The van der Waals surface area contributed by atoms with Crippen LogP contribution in [0.5, 0.6) is 0 Å². The first-order valence-corrected chi connectivity index (χ1v) is 6.70. The number of carbonyl (C=O) groups is 1. The highest BCUT2D eigenvalue weighted by Crippen LogP contribution is 2.22. The number of hydrogen-bond acceptors (Lipinski definition) is 3. The number of carbonyl (C=O) groups excluding carboxylic acids is 1. The van der Waals surface area contributed by atoms with Crippen molar-refractivity contribution in [3.8, 4) is 17.2 Å². The molecule has 0 bridgehead atoms. The van der Waals surface area contributed by atoms with Crippen LogP contribution >= 0.6 is 0 Å². The minimum absolute atomic E-state index is 0.00481. The Labute approximate surface area is 124 Å². The number of aromatic nitrogens is 2. The van der Waals surface area contributed by atoms with Gasteiger partial charge in [-0.3, -0.25) is 9.48 Å². The van der Waals surface area contributed by atoms with Crippen LogP contribution in [-0.2, 0) is 17.8 Å². The summed E-state index contributed by atoms with van der Waals surface area (Å²) in [6.07, 6.45) is 4.03. The zero-order valence-corrected chi connectivity index (χ0v) is 12.5. The molecule has 0 aliphatic heterocycles. The second-order valence-electron chi connectivity index (χ2n) is 5.19. The monoisotopic (exact) mass is 282 g/mol. The van der Waals surface area contributed by atoms with Gasteiger partial charge < -0.3 is 4.90 Å². The molecule has 5 nitrogen and oxygen atoms in total. The van der Waals surface area contributed by atoms with E-state index in [4.69, 9.17) is 5.26 Å². The van der Waals surface area contributed by atoms with E-state index in [1.165, 1.54) is 0 Å². The van der Waals surface area contributed by atoms with E-state index in [1.54, 1.807) is 29.9 Å². The summed E-state index contributed by atoms with van der Waals surface area (Å²) in [6, 6.07) is 8.15. The van der Waals surface area contributed by atoms with Crippen molar-refractivity contribution in [2.75, 3.05) is 14.1 Å². The van der Waals surface area contributed by atoms with E-state index in [0.29, 0.717) is 6.42 Å². The minimum atomic E-state index is 0.00481. The molecular formula is C16H18N4O. The van der Waals surface area contributed by atoms with Crippen LogP contribution in [0.4, 0.5) is 0 Å². The lowest BCUT2D eigenvalue weighted by Gasteiger charge is -2.09. The summed E-state index contributed by atoms with van der Waals surface area (Å²) in [6.45, 7) is 2.23. The number of aryl methyl sites for hydroxylation is 1. The Morgan fingerprint density at radius 2 is 2.14 bits per heavy atom. The number of rotatable bonds is 4. The van der Waals surface area contributed by atoms with Gasteiger partial charge in [0.2, 0.25) is 5.91 Å². The van der Waals surface area contributed by atoms with E-state index in [0.717, 1.165) is 22.3 Å². The first-order chi connectivity index (χ1) is 10.0. The molecule has 2 aromatic rings. The summed E-state index contributed by atoms with van der Waals surface area (Å²) < 4.78 is 1.64. The van der Waals surface area contributed by atoms with Crippen LogP contribution in [0.15, 0.2) is 30.6 Å². The maximum atomic E-state index is 11.7. The van der Waals surface area contributed by atoms with Crippen molar-refractivity contribution >= 4 is 5.91 Å². The van der Waals surface area contributed by atoms with Crippen molar-refractivity contribution in [2.45, 2.75) is 19.9 Å². The van der Waals surface area contributed by atoms with Crippen molar-refractivity contribution in [1.29, 1.82) is 5.26 Å². The van der Waals surface area contributed by atoms with Gasteiger partial charge in [-0.25, -0.2) is 0 Å². The van der Waals surface area contributed by atoms with Crippen LogP contribution < -0.4 is 0 Å². The van der Waals surface area contributed by atoms with Gasteiger partial charge in [-0.05, 0) is 23.6 Å². The number of hydrogen-bond donors (Lipinski definition) is 0. The molecule has 5 heteroatoms. The average molecular weight is 282 g/mol. The summed E-state index contributed by atoms with van der Waals surface area (Å²) in [5.41, 5.74) is 4.13. The first-order valence-electron chi connectivity index (χ1n) is 6.70. The minimum Gasteiger partial charge on any atom is -0.347 e. The van der Waals surface area contributed by atoms with Gasteiger partial charge in [0.25, 0.3) is 0 Å². The van der Waals surface area contributed by atoms with Gasteiger partial charge in [0.15, 0.2) is 0 Å². The normalized spacial score (nSPS) is 10.2. The summed E-state index contributed by atoms with van der Waals surface area (Å²) in [7, 11) is 3.45. The molecule has 0 unspecified atom stereocenters. The third kappa shape index (κ3) is 3.48. The van der Waals surface area contributed by atoms with E-state index in [1.807, 2.05) is 31.3 Å². The Kier molecular flexibility index (Phi) is 4.39. The van der Waals surface area contributed by atoms with Crippen molar-refractivity contribution in [1.82, 2.24) is 14.7 Å². The Hall–Kier alpha value is -2.61. The SMILES string of the molecule is Cc1cc(-c2cnn(CC(=O)N(C)C)c2)ccc1CC#N. The van der Waals surface area contributed by atoms with E-state index in [2.05, 4.69) is 11.2 Å². The van der Waals surface area contributed by atoms with E-state index < -0.39 is 0 Å². The van der Waals surface area contributed by atoms with Gasteiger partial charge in [0, 0.05) is 25.9 Å². The highest BCUT2D eigenvalue weighted by Gasteiger charge is 2.08. The lowest BCUT2D eigenvalue weighted by molar-refractivity contribution is -0.129. The van der Waals surface area contributed by atoms with Gasteiger partial charge in [0.05, 0.1) is 18.7 Å². The van der Waals surface area contributed by atoms with Crippen molar-refractivity contribution in [3.05, 3.63) is 41.7 Å². The fourth-order valence-corrected chi connectivity index (χ4v) is 2.04. The lowest BCUT2D eigenvalue weighted by Crippen LogP contribution is -2.26. The van der Waals surface area contributed by atoms with Gasteiger partial charge in [0.1, 0.15) is 6.54 Å². The number of likely N-dealkylation sites (N-methyl/N-ethyl adjacent to an activating group) is 1. The molecule has 0 N–H and O–H groups in total. The van der Waals surface area contributed by atoms with Gasteiger partial charge in [-0.1, -0.05) is 18.2 Å². The van der Waals surface area contributed by atoms with Gasteiger partial charge >= 0.3 is 0 Å². The van der Waals surface area contributed by atoms with Crippen LogP contribution in [0.2, 0.25) is 0 Å². The maximum Gasteiger partial charge on any atom is 0.243 e. The molecule has 1 aromatic heterocycles. The molecule has 0 saturated heterocycles. The second-order valence-corrected chi connectivity index (χ2v) is 5.19. The molecule has 1 heterocycles. The van der Waals surface area contributed by atoms with Gasteiger partial charge in [-0.2, -0.15) is 10.4 Å². The maximum absolute atomic E-state index is 11.7. The van der Waals surface area contributed by atoms with Crippen molar-refractivity contribution < 1.29 is 4.79 Å². The second kappa shape index (κ2) is 6.23. The number of nitriles is 1. The lowest BCUT2D eigenvalue weighted by atomic mass is 10.0. The largest absolute Gasteiger partial charge is 0.347 e. The fourth-order valence-electron chi connectivity index (χ4n) is 2.04. The third-order valence-corrected chi connectivity index (χ3v) is 3.37. The van der Waals surface area contributed by atoms with Crippen LogP contribution in [0.3, 0.4) is 0 Å². The zero-order chi connectivity index (χ0) is 15.4. The van der Waals surface area contributed by atoms with Crippen molar-refractivity contribution in [2.24, 2.45) is 0 Å². The highest BCUT2D eigenvalue weighted by molar-refractivity contribution is 5.75. The Morgan fingerprint density at radius 3 is 2.76 bits per heavy atom. The molecule has 0 spiro atoms. The Morgan fingerprint density at radius 1 is 1.38 bits per heavy atom. The Bertz CT molecular complexity index is 695. The third-order valence-electron chi connectivity index (χ3n) is 3.37. The van der Waals surface area contributed by atoms with Crippen LogP contribution in [0, 0.1) is 18.3 Å². The molecule has 108 valence electrons. The van der Waals surface area contributed by atoms with Crippen LogP contribution in [-0.4, -0.2) is 34.7 Å². The summed E-state index contributed by atoms with van der Waals surface area (Å²) in [5, 5.41) is 13.0. The highest BCUT2D eigenvalue weighted by atomic mass is 16.2. The van der Waals surface area contributed by atoms with E-state index in [-0.39, 0.29) is 12.5 Å². The molecule has 21 heavy (non-hydrogen) atoms. The summed E-state index contributed by atoms with van der Waals surface area (Å²) in [4.78, 5) is 13.2. The molecule has 2 rings (SSSR count). The molecule has 0 aliphatic carbocycles. The fraction of sp³-hybridized carbons (Fsp3) is 0.312. The number of nitrogens with zero attached hydrogens (tertiary/aromatic N) is 4. The van der Waals surface area contributed by atoms with Gasteiger partial charge in [-0.15, -0.1) is 0 Å². The molecule has 0 aliphatic rings. The molecule has 0 atom stereocenters. The molecule has 1 aromatic carbocycles. The quantitative estimate of drug-likeness (QED) is 0.861. The molecule has 0 saturated carbocycles. The van der Waals surface area contributed by atoms with Crippen LogP contribution in [0.1, 0.15) is 11.1 Å². The standard InChI is InChI=1S/C16H18N4O/c1-12-8-14(5-4-13(12)6-7-17)15-9-18-20(10-15)11-16(21)19(2)3/h4-5,8-10H,6,11H2,1-3H3. The molecule has 0 radical (unpaired) electrons. The summed E-state index contributed by atoms with van der Waals surface area (Å²) >= 11 is 0. The topological polar surface area (TPSA) is 61.9 Å². The zero-order valence-electron chi connectivity index (χ0n) is 12.5. The average Bonchev–Trinajstić information content (AvgIpc) is 2.89. The smallest absolute Gasteiger partial charge is 0.243 e. The molecule has 1 amide bonds. The molecular weight excluding hydrogens is 264 g/mol. The number of amides is 1. The Balaban J connectivity index is 2.20. The first kappa shape index (κ1) is 14.8. The number of benzene rings is 1. The van der Waals surface area contributed by atoms with E-state index >= 15 is 0 Å². The van der Waals surface area contributed by atoms with Crippen molar-refractivity contribution in [3.63, 3.8) is 0 Å². The predicted octanol–water partition coefficient (Wildman–Crippen LogP) is 2.01. The van der Waals surface area contributed by atoms with E-state index in [9.17, 15) is 4.79 Å². The predicted molar refractivity (Wildman–Crippen MR) is 80.4 cm³/mol.